The Hall–Kier alpha value is -1.24. The van der Waals surface area contributed by atoms with Crippen molar-refractivity contribution in [2.45, 2.75) is 68.5 Å². The molecule has 1 aromatic heterocycles. The summed E-state index contributed by atoms with van der Waals surface area (Å²) in [4.78, 5) is 14.8. The summed E-state index contributed by atoms with van der Waals surface area (Å²) in [5.74, 6) is 8.79. The van der Waals surface area contributed by atoms with Gasteiger partial charge in [0.25, 0.3) is 0 Å². The van der Waals surface area contributed by atoms with Gasteiger partial charge < -0.3 is 10.7 Å². The molecule has 1 amide bonds. The number of piperidine rings is 1. The van der Waals surface area contributed by atoms with E-state index in [2.05, 4.69) is 15.1 Å². The van der Waals surface area contributed by atoms with Gasteiger partial charge in [-0.05, 0) is 44.4 Å². The molecule has 4 rings (SSSR count). The molecule has 0 unspecified atom stereocenters. The maximum Gasteiger partial charge on any atom is 0.233 e. The Bertz CT molecular complexity index is 583. The number of carbonyl (C=O) groups is 1. The van der Waals surface area contributed by atoms with Crippen molar-refractivity contribution in [1.29, 1.82) is 0 Å². The van der Waals surface area contributed by atoms with Crippen LogP contribution in [-0.2, 0) is 4.79 Å². The standard InChI is InChI=1S/C16H25N5OS/c17-21-15(12-7-8-12)18-19-16(21)23-10-14(22)20-9-3-5-11-4-1-2-6-13(11)20/h11-13H,1-10,17H2/t11-,13+/m1/s1. The Morgan fingerprint density at radius 2 is 1.91 bits per heavy atom. The smallest absolute Gasteiger partial charge is 0.233 e. The van der Waals surface area contributed by atoms with Crippen LogP contribution < -0.4 is 5.84 Å². The minimum absolute atomic E-state index is 0.238. The molecule has 2 N–H and O–H groups in total. The van der Waals surface area contributed by atoms with Gasteiger partial charge in [0, 0.05) is 18.5 Å². The highest BCUT2D eigenvalue weighted by Gasteiger charge is 2.36. The van der Waals surface area contributed by atoms with Crippen LogP contribution in [0, 0.1) is 5.92 Å². The van der Waals surface area contributed by atoms with Gasteiger partial charge in [0.15, 0.2) is 5.82 Å². The fourth-order valence-corrected chi connectivity index (χ4v) is 4.90. The summed E-state index contributed by atoms with van der Waals surface area (Å²) in [6.45, 7) is 0.920. The second kappa shape index (κ2) is 6.34. The van der Waals surface area contributed by atoms with E-state index in [0.717, 1.165) is 37.5 Å². The summed E-state index contributed by atoms with van der Waals surface area (Å²) in [7, 11) is 0. The number of hydrogen-bond acceptors (Lipinski definition) is 5. The van der Waals surface area contributed by atoms with E-state index < -0.39 is 0 Å². The number of nitrogens with two attached hydrogens (primary N) is 1. The topological polar surface area (TPSA) is 77.0 Å². The number of aromatic nitrogens is 3. The molecular formula is C16H25N5OS. The number of hydrogen-bond donors (Lipinski definition) is 1. The SMILES string of the molecule is Nn1c(SCC(=O)N2CCC[C@H]3CCCC[C@@H]32)nnc1C1CC1. The molecule has 1 saturated heterocycles. The van der Waals surface area contributed by atoms with Crippen molar-refractivity contribution < 1.29 is 4.79 Å². The quantitative estimate of drug-likeness (QED) is 0.674. The lowest BCUT2D eigenvalue weighted by Crippen LogP contribution is -2.50. The molecule has 23 heavy (non-hydrogen) atoms. The van der Waals surface area contributed by atoms with Gasteiger partial charge in [0.05, 0.1) is 5.75 Å². The van der Waals surface area contributed by atoms with Crippen LogP contribution in [0.3, 0.4) is 0 Å². The van der Waals surface area contributed by atoms with E-state index in [1.807, 2.05) is 0 Å². The number of fused-ring (bicyclic) bond motifs is 1. The zero-order valence-corrected chi connectivity index (χ0v) is 14.3. The van der Waals surface area contributed by atoms with Crippen molar-refractivity contribution in [3.8, 4) is 0 Å². The fraction of sp³-hybridized carbons (Fsp3) is 0.812. The van der Waals surface area contributed by atoms with Gasteiger partial charge in [-0.2, -0.15) is 0 Å². The van der Waals surface area contributed by atoms with Crippen LogP contribution in [0.15, 0.2) is 5.16 Å². The third-order valence-corrected chi connectivity index (χ3v) is 6.45. The number of thioether (sulfide) groups is 1. The van der Waals surface area contributed by atoms with Gasteiger partial charge >= 0.3 is 0 Å². The van der Waals surface area contributed by atoms with Crippen LogP contribution in [0.1, 0.15) is 63.1 Å². The molecule has 2 aliphatic carbocycles. The first kappa shape index (κ1) is 15.3. The molecule has 0 bridgehead atoms. The van der Waals surface area contributed by atoms with Crippen LogP contribution in [0.25, 0.3) is 0 Å². The van der Waals surface area contributed by atoms with E-state index in [9.17, 15) is 4.79 Å². The van der Waals surface area contributed by atoms with E-state index in [0.29, 0.717) is 22.9 Å². The van der Waals surface area contributed by atoms with Crippen LogP contribution in [-0.4, -0.2) is 44.0 Å². The molecule has 3 fully saturated rings. The van der Waals surface area contributed by atoms with E-state index >= 15 is 0 Å². The summed E-state index contributed by atoms with van der Waals surface area (Å²) in [6.07, 6.45) is 9.81. The number of amides is 1. The van der Waals surface area contributed by atoms with Crippen molar-refractivity contribution in [2.24, 2.45) is 5.92 Å². The molecule has 6 nitrogen and oxygen atoms in total. The molecule has 0 radical (unpaired) electrons. The molecule has 2 heterocycles. The van der Waals surface area contributed by atoms with E-state index in [1.54, 1.807) is 4.68 Å². The largest absolute Gasteiger partial charge is 0.339 e. The molecule has 0 aromatic carbocycles. The predicted molar refractivity (Wildman–Crippen MR) is 89.6 cm³/mol. The second-order valence-electron chi connectivity index (χ2n) is 7.11. The summed E-state index contributed by atoms with van der Waals surface area (Å²) in [5.41, 5.74) is 0. The Morgan fingerprint density at radius 3 is 2.74 bits per heavy atom. The third-order valence-electron chi connectivity index (χ3n) is 5.52. The molecule has 2 saturated carbocycles. The van der Waals surface area contributed by atoms with Gasteiger partial charge in [-0.15, -0.1) is 10.2 Å². The highest BCUT2D eigenvalue weighted by Crippen LogP contribution is 2.39. The van der Waals surface area contributed by atoms with Gasteiger partial charge in [0.2, 0.25) is 11.1 Å². The van der Waals surface area contributed by atoms with Gasteiger partial charge in [-0.1, -0.05) is 24.6 Å². The highest BCUT2D eigenvalue weighted by atomic mass is 32.2. The first-order chi connectivity index (χ1) is 11.2. The van der Waals surface area contributed by atoms with Gasteiger partial charge in [-0.25, -0.2) is 4.68 Å². The molecule has 7 heteroatoms. The highest BCUT2D eigenvalue weighted by molar-refractivity contribution is 7.99. The minimum atomic E-state index is 0.238. The Labute approximate surface area is 141 Å². The number of nitrogens with zero attached hydrogens (tertiary/aromatic N) is 4. The van der Waals surface area contributed by atoms with E-state index in [-0.39, 0.29) is 5.91 Å². The molecule has 126 valence electrons. The van der Waals surface area contributed by atoms with Crippen molar-refractivity contribution >= 4 is 17.7 Å². The Morgan fingerprint density at radius 1 is 1.13 bits per heavy atom. The second-order valence-corrected chi connectivity index (χ2v) is 8.06. The van der Waals surface area contributed by atoms with Crippen molar-refractivity contribution in [1.82, 2.24) is 19.8 Å². The maximum atomic E-state index is 12.7. The lowest BCUT2D eigenvalue weighted by Gasteiger charge is -2.44. The molecule has 0 spiro atoms. The van der Waals surface area contributed by atoms with Crippen LogP contribution in [0.5, 0.6) is 0 Å². The van der Waals surface area contributed by atoms with Crippen molar-refractivity contribution in [2.75, 3.05) is 18.1 Å². The number of rotatable bonds is 4. The van der Waals surface area contributed by atoms with Gasteiger partial charge in [-0.3, -0.25) is 4.79 Å². The fourth-order valence-electron chi connectivity index (χ4n) is 4.15. The number of likely N-dealkylation sites (tertiary alicyclic amines) is 1. The summed E-state index contributed by atoms with van der Waals surface area (Å²) in [5, 5.41) is 9.00. The van der Waals surface area contributed by atoms with Crippen LogP contribution >= 0.6 is 11.8 Å². The van der Waals surface area contributed by atoms with E-state index in [1.165, 1.54) is 43.9 Å². The number of nitrogen functional groups attached to an aromatic ring is 1. The van der Waals surface area contributed by atoms with Crippen LogP contribution in [0.4, 0.5) is 0 Å². The molecule has 1 aromatic rings. The molecule has 3 aliphatic rings. The van der Waals surface area contributed by atoms with E-state index in [4.69, 9.17) is 5.84 Å². The zero-order valence-electron chi connectivity index (χ0n) is 13.5. The number of carbonyl (C=O) groups excluding carboxylic acids is 1. The summed E-state index contributed by atoms with van der Waals surface area (Å²) in [6, 6.07) is 0.475. The lowest BCUT2D eigenvalue weighted by atomic mass is 9.78. The minimum Gasteiger partial charge on any atom is -0.339 e. The summed E-state index contributed by atoms with van der Waals surface area (Å²) >= 11 is 1.43. The lowest BCUT2D eigenvalue weighted by molar-refractivity contribution is -0.134. The Balaban J connectivity index is 1.37. The van der Waals surface area contributed by atoms with Crippen molar-refractivity contribution in [3.63, 3.8) is 0 Å². The first-order valence-corrected chi connectivity index (χ1v) is 9.85. The average molecular weight is 335 g/mol. The monoisotopic (exact) mass is 335 g/mol. The maximum absolute atomic E-state index is 12.7. The molecule has 1 aliphatic heterocycles. The normalized spacial score (nSPS) is 27.7. The summed E-state index contributed by atoms with van der Waals surface area (Å²) < 4.78 is 1.58. The van der Waals surface area contributed by atoms with Crippen LogP contribution in [0.2, 0.25) is 0 Å². The predicted octanol–water partition coefficient (Wildman–Crippen LogP) is 2.14. The van der Waals surface area contributed by atoms with Gasteiger partial charge in [0.1, 0.15) is 0 Å². The van der Waals surface area contributed by atoms with Crippen molar-refractivity contribution in [3.05, 3.63) is 5.82 Å². The third kappa shape index (κ3) is 3.07. The molecular weight excluding hydrogens is 310 g/mol. The first-order valence-electron chi connectivity index (χ1n) is 8.86. The average Bonchev–Trinajstić information content (AvgIpc) is 3.36. The Kier molecular flexibility index (Phi) is 4.22. The molecule has 2 atom stereocenters. The zero-order chi connectivity index (χ0) is 15.8.